The third-order valence-corrected chi connectivity index (χ3v) is 4.44. The average Bonchev–Trinajstić information content (AvgIpc) is 2.49. The first-order valence-electron chi connectivity index (χ1n) is 7.48. The van der Waals surface area contributed by atoms with Gasteiger partial charge in [0.1, 0.15) is 0 Å². The largest absolute Gasteiger partial charge is 0.339 e. The van der Waals surface area contributed by atoms with E-state index in [-0.39, 0.29) is 5.91 Å². The van der Waals surface area contributed by atoms with Gasteiger partial charge in [-0.05, 0) is 62.5 Å². The van der Waals surface area contributed by atoms with E-state index in [9.17, 15) is 4.79 Å². The van der Waals surface area contributed by atoms with E-state index in [0.717, 1.165) is 48.6 Å². The molecule has 1 N–H and O–H groups in total. The van der Waals surface area contributed by atoms with Crippen LogP contribution in [-0.4, -0.2) is 37.5 Å². The molecule has 1 aliphatic rings. The number of amides is 1. The van der Waals surface area contributed by atoms with Crippen molar-refractivity contribution >= 4 is 23.6 Å². The summed E-state index contributed by atoms with van der Waals surface area (Å²) < 4.78 is 0. The molecule has 1 heterocycles. The average molecular weight is 307 g/mol. The summed E-state index contributed by atoms with van der Waals surface area (Å²) >= 11 is 6.09. The van der Waals surface area contributed by atoms with Crippen molar-refractivity contribution in [2.75, 3.05) is 26.7 Å². The van der Waals surface area contributed by atoms with Crippen molar-refractivity contribution in [3.63, 3.8) is 0 Å². The molecule has 0 bridgehead atoms. The van der Waals surface area contributed by atoms with Crippen LogP contribution in [0, 0.1) is 12.8 Å². The van der Waals surface area contributed by atoms with Crippen LogP contribution in [0.4, 0.5) is 0 Å². The Morgan fingerprint density at radius 3 is 2.76 bits per heavy atom. The van der Waals surface area contributed by atoms with Gasteiger partial charge in [-0.15, -0.1) is 0 Å². The number of hydrogen-bond acceptors (Lipinski definition) is 2. The van der Waals surface area contributed by atoms with Gasteiger partial charge in [-0.3, -0.25) is 4.79 Å². The SMILES string of the molecule is CNCC1CCN(C(=O)C=Cc2ccc(C)c(Cl)c2)CC1. The lowest BCUT2D eigenvalue weighted by atomic mass is 9.97. The summed E-state index contributed by atoms with van der Waals surface area (Å²) in [4.78, 5) is 14.1. The third kappa shape index (κ3) is 4.58. The Hall–Kier alpha value is -1.32. The van der Waals surface area contributed by atoms with Crippen LogP contribution < -0.4 is 5.32 Å². The maximum absolute atomic E-state index is 12.2. The van der Waals surface area contributed by atoms with Crippen LogP contribution in [0.5, 0.6) is 0 Å². The molecule has 4 heteroatoms. The molecule has 1 saturated heterocycles. The fourth-order valence-electron chi connectivity index (χ4n) is 2.63. The first-order chi connectivity index (χ1) is 10.1. The van der Waals surface area contributed by atoms with Crippen molar-refractivity contribution < 1.29 is 4.79 Å². The van der Waals surface area contributed by atoms with Crippen LogP contribution in [0.15, 0.2) is 24.3 Å². The number of benzene rings is 1. The number of piperidine rings is 1. The summed E-state index contributed by atoms with van der Waals surface area (Å²) in [7, 11) is 1.98. The van der Waals surface area contributed by atoms with Crippen LogP contribution in [0.3, 0.4) is 0 Å². The number of nitrogens with zero attached hydrogens (tertiary/aromatic N) is 1. The lowest BCUT2D eigenvalue weighted by molar-refractivity contribution is -0.127. The standard InChI is InChI=1S/C17H23ClN2O/c1-13-3-4-14(11-16(13)18)5-6-17(21)20-9-7-15(8-10-20)12-19-2/h3-6,11,15,19H,7-10,12H2,1-2H3. The van der Waals surface area contributed by atoms with E-state index >= 15 is 0 Å². The predicted octanol–water partition coefficient (Wildman–Crippen LogP) is 3.12. The molecule has 1 fully saturated rings. The Kier molecular flexibility index (Phi) is 5.83. The van der Waals surface area contributed by atoms with E-state index < -0.39 is 0 Å². The number of carbonyl (C=O) groups is 1. The number of aryl methyl sites for hydroxylation is 1. The van der Waals surface area contributed by atoms with Crippen molar-refractivity contribution in [1.29, 1.82) is 0 Å². The van der Waals surface area contributed by atoms with Crippen molar-refractivity contribution in [1.82, 2.24) is 10.2 Å². The first kappa shape index (κ1) is 16.1. The quantitative estimate of drug-likeness (QED) is 0.867. The summed E-state index contributed by atoms with van der Waals surface area (Å²) in [5.41, 5.74) is 2.01. The number of hydrogen-bond donors (Lipinski definition) is 1. The molecule has 0 saturated carbocycles. The van der Waals surface area contributed by atoms with Gasteiger partial charge < -0.3 is 10.2 Å². The Balaban J connectivity index is 1.89. The van der Waals surface area contributed by atoms with Gasteiger partial charge in [-0.2, -0.15) is 0 Å². The minimum Gasteiger partial charge on any atom is -0.339 e. The van der Waals surface area contributed by atoms with Crippen molar-refractivity contribution in [3.8, 4) is 0 Å². The zero-order valence-corrected chi connectivity index (χ0v) is 13.5. The normalized spacial score (nSPS) is 16.6. The molecule has 1 amide bonds. The van der Waals surface area contributed by atoms with Gasteiger partial charge in [0.2, 0.25) is 5.91 Å². The second-order valence-corrected chi connectivity index (χ2v) is 6.08. The molecule has 0 aliphatic carbocycles. The molecule has 1 aromatic carbocycles. The first-order valence-corrected chi connectivity index (χ1v) is 7.85. The van der Waals surface area contributed by atoms with Crippen molar-refractivity contribution in [2.24, 2.45) is 5.92 Å². The van der Waals surface area contributed by atoms with Gasteiger partial charge in [-0.1, -0.05) is 23.7 Å². The molecule has 1 aromatic rings. The second-order valence-electron chi connectivity index (χ2n) is 5.67. The van der Waals surface area contributed by atoms with Gasteiger partial charge in [-0.25, -0.2) is 0 Å². The third-order valence-electron chi connectivity index (χ3n) is 4.03. The second kappa shape index (κ2) is 7.62. The lowest BCUT2D eigenvalue weighted by Gasteiger charge is -2.31. The molecule has 21 heavy (non-hydrogen) atoms. The van der Waals surface area contributed by atoms with Crippen LogP contribution in [-0.2, 0) is 4.79 Å². The topological polar surface area (TPSA) is 32.3 Å². The monoisotopic (exact) mass is 306 g/mol. The zero-order valence-electron chi connectivity index (χ0n) is 12.7. The summed E-state index contributed by atoms with van der Waals surface area (Å²) in [5, 5.41) is 3.94. The molecule has 1 aliphatic heterocycles. The zero-order chi connectivity index (χ0) is 15.2. The van der Waals surface area contributed by atoms with Gasteiger partial charge in [0, 0.05) is 24.2 Å². The number of halogens is 1. The highest BCUT2D eigenvalue weighted by Gasteiger charge is 2.20. The Morgan fingerprint density at radius 2 is 2.14 bits per heavy atom. The van der Waals surface area contributed by atoms with E-state index in [4.69, 9.17) is 11.6 Å². The van der Waals surface area contributed by atoms with E-state index in [1.807, 2.05) is 43.1 Å². The summed E-state index contributed by atoms with van der Waals surface area (Å²) in [6, 6.07) is 5.83. The molecule has 0 atom stereocenters. The summed E-state index contributed by atoms with van der Waals surface area (Å²) in [6.07, 6.45) is 5.65. The lowest BCUT2D eigenvalue weighted by Crippen LogP contribution is -2.39. The van der Waals surface area contributed by atoms with Gasteiger partial charge in [0.25, 0.3) is 0 Å². The molecule has 0 aromatic heterocycles. The molecule has 114 valence electrons. The highest BCUT2D eigenvalue weighted by atomic mass is 35.5. The molecule has 0 spiro atoms. The predicted molar refractivity (Wildman–Crippen MR) is 88.5 cm³/mol. The maximum atomic E-state index is 12.2. The smallest absolute Gasteiger partial charge is 0.246 e. The highest BCUT2D eigenvalue weighted by Crippen LogP contribution is 2.19. The Morgan fingerprint density at radius 1 is 1.43 bits per heavy atom. The van der Waals surface area contributed by atoms with Crippen LogP contribution in [0.2, 0.25) is 5.02 Å². The van der Waals surface area contributed by atoms with Crippen LogP contribution in [0.1, 0.15) is 24.0 Å². The van der Waals surface area contributed by atoms with Crippen molar-refractivity contribution in [3.05, 3.63) is 40.4 Å². The summed E-state index contributed by atoms with van der Waals surface area (Å²) in [6.45, 7) is 4.71. The van der Waals surface area contributed by atoms with E-state index in [2.05, 4.69) is 5.32 Å². The van der Waals surface area contributed by atoms with E-state index in [0.29, 0.717) is 5.92 Å². The fourth-order valence-corrected chi connectivity index (χ4v) is 2.82. The van der Waals surface area contributed by atoms with Crippen LogP contribution in [0.25, 0.3) is 6.08 Å². The Bertz CT molecular complexity index is 520. The number of carbonyl (C=O) groups excluding carboxylic acids is 1. The molecule has 3 nitrogen and oxygen atoms in total. The molecular weight excluding hydrogens is 284 g/mol. The molecular formula is C17H23ClN2O. The van der Waals surface area contributed by atoms with Gasteiger partial charge >= 0.3 is 0 Å². The van der Waals surface area contributed by atoms with Gasteiger partial charge in [0.15, 0.2) is 0 Å². The minimum absolute atomic E-state index is 0.0922. The molecule has 0 radical (unpaired) electrons. The fraction of sp³-hybridized carbons (Fsp3) is 0.471. The molecule has 0 unspecified atom stereocenters. The highest BCUT2D eigenvalue weighted by molar-refractivity contribution is 6.31. The maximum Gasteiger partial charge on any atom is 0.246 e. The number of nitrogens with one attached hydrogen (secondary N) is 1. The van der Waals surface area contributed by atoms with E-state index in [1.54, 1.807) is 6.08 Å². The van der Waals surface area contributed by atoms with E-state index in [1.165, 1.54) is 0 Å². The number of rotatable bonds is 4. The summed E-state index contributed by atoms with van der Waals surface area (Å²) in [5.74, 6) is 0.786. The minimum atomic E-state index is 0.0922. The van der Waals surface area contributed by atoms with Crippen LogP contribution >= 0.6 is 11.6 Å². The Labute approximate surface area is 132 Å². The number of likely N-dealkylation sites (tertiary alicyclic amines) is 1. The van der Waals surface area contributed by atoms with Gasteiger partial charge in [0.05, 0.1) is 0 Å². The van der Waals surface area contributed by atoms with Crippen molar-refractivity contribution in [2.45, 2.75) is 19.8 Å². The molecule has 2 rings (SSSR count).